The number of benzene rings is 1. The van der Waals surface area contributed by atoms with Gasteiger partial charge in [-0.3, -0.25) is 9.69 Å². The summed E-state index contributed by atoms with van der Waals surface area (Å²) in [7, 11) is 0. The average Bonchev–Trinajstić information content (AvgIpc) is 3.03. The standard InChI is InChI=1S/C16H18FN3O2/c17-11-2-1-3-12-14(11)19-13(18-12)9-20-6-4-16(5-7-20)8-10(16)15(21)22/h1-3,10H,4-9H2,(H,18,19)(H,21,22). The van der Waals surface area contributed by atoms with Gasteiger partial charge in [-0.1, -0.05) is 6.07 Å². The van der Waals surface area contributed by atoms with Crippen LogP contribution in [-0.2, 0) is 11.3 Å². The van der Waals surface area contributed by atoms with Gasteiger partial charge in [0.15, 0.2) is 5.82 Å². The molecule has 6 heteroatoms. The number of aromatic amines is 1. The van der Waals surface area contributed by atoms with Gasteiger partial charge in [-0.25, -0.2) is 9.37 Å². The Morgan fingerprint density at radius 1 is 1.45 bits per heavy atom. The van der Waals surface area contributed by atoms with Gasteiger partial charge in [0.05, 0.1) is 18.0 Å². The predicted molar refractivity (Wildman–Crippen MR) is 78.7 cm³/mol. The van der Waals surface area contributed by atoms with Crippen molar-refractivity contribution >= 4 is 17.0 Å². The van der Waals surface area contributed by atoms with Crippen LogP contribution in [0, 0.1) is 17.2 Å². The molecule has 1 aromatic carbocycles. The summed E-state index contributed by atoms with van der Waals surface area (Å²) in [4.78, 5) is 20.8. The van der Waals surface area contributed by atoms with Crippen molar-refractivity contribution in [3.63, 3.8) is 0 Å². The maximum atomic E-state index is 13.7. The number of carboxylic acids is 1. The predicted octanol–water partition coefficient (Wildman–Crippen LogP) is 2.39. The highest BCUT2D eigenvalue weighted by Crippen LogP contribution is 2.59. The van der Waals surface area contributed by atoms with Crippen LogP contribution in [0.4, 0.5) is 4.39 Å². The van der Waals surface area contributed by atoms with Crippen molar-refractivity contribution < 1.29 is 14.3 Å². The van der Waals surface area contributed by atoms with Gasteiger partial charge in [0, 0.05) is 0 Å². The summed E-state index contributed by atoms with van der Waals surface area (Å²) in [5.74, 6) is -0.335. The number of nitrogens with one attached hydrogen (secondary N) is 1. The fraction of sp³-hybridized carbons (Fsp3) is 0.500. The molecule has 2 heterocycles. The first-order valence-electron chi connectivity index (χ1n) is 7.66. The van der Waals surface area contributed by atoms with Crippen LogP contribution < -0.4 is 0 Å². The molecule has 2 fully saturated rings. The molecule has 0 bridgehead atoms. The second kappa shape index (κ2) is 4.78. The molecular formula is C16H18FN3O2. The fourth-order valence-electron chi connectivity index (χ4n) is 3.74. The molecule has 1 atom stereocenters. The summed E-state index contributed by atoms with van der Waals surface area (Å²) in [6.45, 7) is 2.41. The van der Waals surface area contributed by atoms with Crippen LogP contribution in [0.3, 0.4) is 0 Å². The summed E-state index contributed by atoms with van der Waals surface area (Å²) < 4.78 is 13.7. The molecule has 1 aromatic heterocycles. The highest BCUT2D eigenvalue weighted by Gasteiger charge is 2.58. The van der Waals surface area contributed by atoms with Crippen LogP contribution in [0.1, 0.15) is 25.1 Å². The maximum absolute atomic E-state index is 13.7. The second-order valence-electron chi connectivity index (χ2n) is 6.55. The summed E-state index contributed by atoms with van der Waals surface area (Å²) in [5.41, 5.74) is 1.15. The molecule has 2 N–H and O–H groups in total. The number of piperidine rings is 1. The van der Waals surface area contributed by atoms with Crippen molar-refractivity contribution in [3.05, 3.63) is 29.8 Å². The summed E-state index contributed by atoms with van der Waals surface area (Å²) in [6.07, 6.45) is 2.68. The number of para-hydroxylation sites is 1. The Morgan fingerprint density at radius 2 is 2.23 bits per heavy atom. The number of aliphatic carboxylic acids is 1. The Hall–Kier alpha value is -1.95. The van der Waals surface area contributed by atoms with E-state index in [2.05, 4.69) is 14.9 Å². The topological polar surface area (TPSA) is 69.2 Å². The number of halogens is 1. The lowest BCUT2D eigenvalue weighted by Gasteiger charge is -2.31. The molecule has 0 amide bonds. The van der Waals surface area contributed by atoms with Gasteiger partial charge in [-0.15, -0.1) is 0 Å². The molecule has 2 aliphatic rings. The normalized spacial score (nSPS) is 24.0. The lowest BCUT2D eigenvalue weighted by atomic mass is 9.91. The van der Waals surface area contributed by atoms with Crippen LogP contribution in [0.15, 0.2) is 18.2 Å². The molecule has 22 heavy (non-hydrogen) atoms. The van der Waals surface area contributed by atoms with Crippen LogP contribution in [-0.4, -0.2) is 39.0 Å². The molecule has 2 aromatic rings. The van der Waals surface area contributed by atoms with Gasteiger partial charge in [0.25, 0.3) is 0 Å². The third kappa shape index (κ3) is 2.18. The van der Waals surface area contributed by atoms with E-state index in [4.69, 9.17) is 5.11 Å². The van der Waals surface area contributed by atoms with Crippen LogP contribution in [0.25, 0.3) is 11.0 Å². The minimum absolute atomic E-state index is 0.0440. The number of carboxylic acid groups (broad SMARTS) is 1. The number of fused-ring (bicyclic) bond motifs is 1. The Bertz CT molecular complexity index is 734. The smallest absolute Gasteiger partial charge is 0.307 e. The first kappa shape index (κ1) is 13.7. The quantitative estimate of drug-likeness (QED) is 0.913. The van der Waals surface area contributed by atoms with E-state index in [1.807, 2.05) is 6.07 Å². The van der Waals surface area contributed by atoms with Gasteiger partial charge < -0.3 is 10.1 Å². The van der Waals surface area contributed by atoms with Crippen molar-refractivity contribution in [2.45, 2.75) is 25.8 Å². The third-order valence-electron chi connectivity index (χ3n) is 5.23. The van der Waals surface area contributed by atoms with E-state index in [0.29, 0.717) is 12.1 Å². The highest BCUT2D eigenvalue weighted by molar-refractivity contribution is 5.75. The lowest BCUT2D eigenvalue weighted by Crippen LogP contribution is -2.35. The Kier molecular flexibility index (Phi) is 2.97. The molecule has 4 rings (SSSR count). The molecule has 1 aliphatic carbocycles. The zero-order valence-electron chi connectivity index (χ0n) is 12.2. The van der Waals surface area contributed by atoms with E-state index in [-0.39, 0.29) is 17.2 Å². The van der Waals surface area contributed by atoms with E-state index in [0.717, 1.165) is 43.7 Å². The first-order valence-corrected chi connectivity index (χ1v) is 7.66. The summed E-state index contributed by atoms with van der Waals surface area (Å²) in [5, 5.41) is 9.11. The van der Waals surface area contributed by atoms with Crippen LogP contribution in [0.2, 0.25) is 0 Å². The van der Waals surface area contributed by atoms with Gasteiger partial charge >= 0.3 is 5.97 Å². The minimum Gasteiger partial charge on any atom is -0.481 e. The molecule has 116 valence electrons. The molecule has 1 spiro atoms. The monoisotopic (exact) mass is 303 g/mol. The number of likely N-dealkylation sites (tertiary alicyclic amines) is 1. The molecule has 1 aliphatic heterocycles. The zero-order chi connectivity index (χ0) is 15.3. The van der Waals surface area contributed by atoms with Gasteiger partial charge in [-0.2, -0.15) is 0 Å². The van der Waals surface area contributed by atoms with Crippen molar-refractivity contribution in [1.82, 2.24) is 14.9 Å². The molecular weight excluding hydrogens is 285 g/mol. The third-order valence-corrected chi connectivity index (χ3v) is 5.23. The number of nitrogens with zero attached hydrogens (tertiary/aromatic N) is 2. The zero-order valence-corrected chi connectivity index (χ0v) is 12.2. The number of imidazole rings is 1. The van der Waals surface area contributed by atoms with Crippen molar-refractivity contribution in [2.24, 2.45) is 11.3 Å². The maximum Gasteiger partial charge on any atom is 0.307 e. The number of H-pyrrole nitrogens is 1. The van der Waals surface area contributed by atoms with Gasteiger partial charge in [0.2, 0.25) is 0 Å². The van der Waals surface area contributed by atoms with Crippen molar-refractivity contribution in [2.75, 3.05) is 13.1 Å². The Labute approximate surface area is 127 Å². The van der Waals surface area contributed by atoms with E-state index in [1.165, 1.54) is 6.07 Å². The minimum atomic E-state index is -0.652. The largest absolute Gasteiger partial charge is 0.481 e. The Balaban J connectivity index is 1.42. The summed E-state index contributed by atoms with van der Waals surface area (Å²) >= 11 is 0. The van der Waals surface area contributed by atoms with E-state index in [1.54, 1.807) is 6.07 Å². The molecule has 0 radical (unpaired) electrons. The average molecular weight is 303 g/mol. The first-order chi connectivity index (χ1) is 10.6. The van der Waals surface area contributed by atoms with Crippen LogP contribution >= 0.6 is 0 Å². The Morgan fingerprint density at radius 3 is 2.86 bits per heavy atom. The molecule has 1 saturated heterocycles. The van der Waals surface area contributed by atoms with Gasteiger partial charge in [0.1, 0.15) is 11.3 Å². The SMILES string of the molecule is O=C(O)C1CC12CCN(Cc1nc3c(F)cccc3[nH]1)CC2. The number of hydrogen-bond acceptors (Lipinski definition) is 3. The van der Waals surface area contributed by atoms with Crippen LogP contribution in [0.5, 0.6) is 0 Å². The van der Waals surface area contributed by atoms with Gasteiger partial charge in [-0.05, 0) is 49.9 Å². The van der Waals surface area contributed by atoms with E-state index >= 15 is 0 Å². The van der Waals surface area contributed by atoms with E-state index < -0.39 is 5.97 Å². The molecule has 1 unspecified atom stereocenters. The number of hydrogen-bond donors (Lipinski definition) is 2. The summed E-state index contributed by atoms with van der Waals surface area (Å²) in [6, 6.07) is 4.90. The van der Waals surface area contributed by atoms with E-state index in [9.17, 15) is 9.18 Å². The number of rotatable bonds is 3. The fourth-order valence-corrected chi connectivity index (χ4v) is 3.74. The molecule has 5 nitrogen and oxygen atoms in total. The lowest BCUT2D eigenvalue weighted by molar-refractivity contribution is -0.139. The molecule has 1 saturated carbocycles. The van der Waals surface area contributed by atoms with Crippen molar-refractivity contribution in [1.29, 1.82) is 0 Å². The number of aromatic nitrogens is 2. The number of carbonyl (C=O) groups is 1. The van der Waals surface area contributed by atoms with Crippen molar-refractivity contribution in [3.8, 4) is 0 Å². The second-order valence-corrected chi connectivity index (χ2v) is 6.55. The highest BCUT2D eigenvalue weighted by atomic mass is 19.1.